The Bertz CT molecular complexity index is 351. The van der Waals surface area contributed by atoms with Gasteiger partial charge in [-0.25, -0.2) is 0 Å². The van der Waals surface area contributed by atoms with Gasteiger partial charge in [0.15, 0.2) is 0 Å². The molecular formula is C12H16ClIN2. The van der Waals surface area contributed by atoms with Crippen molar-refractivity contribution in [3.63, 3.8) is 0 Å². The van der Waals surface area contributed by atoms with Gasteiger partial charge in [-0.2, -0.15) is 0 Å². The third-order valence-corrected chi connectivity index (χ3v) is 3.87. The second-order valence-electron chi connectivity index (χ2n) is 4.15. The normalized spacial score (nSPS) is 20.8. The van der Waals surface area contributed by atoms with E-state index >= 15 is 0 Å². The summed E-state index contributed by atoms with van der Waals surface area (Å²) in [7, 11) is 0. The molecule has 1 unspecified atom stereocenters. The Kier molecular flexibility index (Phi) is 4.73. The number of halogens is 2. The minimum atomic E-state index is 0.587. The van der Waals surface area contributed by atoms with Crippen LogP contribution in [0.3, 0.4) is 0 Å². The first-order valence-electron chi connectivity index (χ1n) is 5.68. The molecule has 1 aromatic rings. The molecule has 1 fully saturated rings. The fourth-order valence-electron chi connectivity index (χ4n) is 1.96. The predicted molar refractivity (Wildman–Crippen MR) is 78.3 cm³/mol. The third-order valence-electron chi connectivity index (χ3n) is 2.88. The molecule has 0 bridgehead atoms. The zero-order valence-electron chi connectivity index (χ0n) is 9.10. The Hall–Kier alpha value is -0.000000000000000132. The number of hydrogen-bond acceptors (Lipinski definition) is 2. The fourth-order valence-corrected chi connectivity index (χ4v) is 2.89. The topological polar surface area (TPSA) is 24.1 Å². The van der Waals surface area contributed by atoms with E-state index in [9.17, 15) is 0 Å². The number of piperidine rings is 1. The summed E-state index contributed by atoms with van der Waals surface area (Å²) in [4.78, 5) is 0. The van der Waals surface area contributed by atoms with Gasteiger partial charge in [0.25, 0.3) is 0 Å². The van der Waals surface area contributed by atoms with Crippen LogP contribution in [-0.4, -0.2) is 19.1 Å². The van der Waals surface area contributed by atoms with Crippen molar-refractivity contribution < 1.29 is 0 Å². The van der Waals surface area contributed by atoms with Gasteiger partial charge in [0.2, 0.25) is 0 Å². The molecule has 16 heavy (non-hydrogen) atoms. The Balaban J connectivity index is 1.88. The van der Waals surface area contributed by atoms with Gasteiger partial charge in [-0.15, -0.1) is 0 Å². The molecule has 0 amide bonds. The highest BCUT2D eigenvalue weighted by Crippen LogP contribution is 2.24. The molecule has 4 heteroatoms. The molecule has 1 atom stereocenters. The molecule has 0 radical (unpaired) electrons. The third kappa shape index (κ3) is 3.50. The summed E-state index contributed by atoms with van der Waals surface area (Å²) in [5.41, 5.74) is 1.04. The molecule has 2 rings (SSSR count). The van der Waals surface area contributed by atoms with Crippen LogP contribution in [0, 0.1) is 3.57 Å². The van der Waals surface area contributed by atoms with E-state index in [1.54, 1.807) is 0 Å². The van der Waals surface area contributed by atoms with Gasteiger partial charge in [-0.05, 0) is 60.2 Å². The summed E-state index contributed by atoms with van der Waals surface area (Å²) in [6.07, 6.45) is 3.90. The van der Waals surface area contributed by atoms with Crippen LogP contribution in [0.2, 0.25) is 5.02 Å². The van der Waals surface area contributed by atoms with E-state index in [4.69, 9.17) is 11.6 Å². The molecule has 1 aliphatic heterocycles. The van der Waals surface area contributed by atoms with Gasteiger partial charge in [-0.3, -0.25) is 0 Å². The largest absolute Gasteiger partial charge is 0.382 e. The average Bonchev–Trinajstić information content (AvgIpc) is 2.29. The highest BCUT2D eigenvalue weighted by Gasteiger charge is 2.12. The molecule has 1 aliphatic rings. The molecule has 1 heterocycles. The Labute approximate surface area is 115 Å². The van der Waals surface area contributed by atoms with E-state index in [0.29, 0.717) is 6.04 Å². The number of rotatable bonds is 3. The first-order chi connectivity index (χ1) is 7.75. The van der Waals surface area contributed by atoms with Crippen LogP contribution in [0.15, 0.2) is 18.2 Å². The Morgan fingerprint density at radius 1 is 1.44 bits per heavy atom. The van der Waals surface area contributed by atoms with Gasteiger partial charge in [0.1, 0.15) is 0 Å². The maximum Gasteiger partial charge on any atom is 0.0648 e. The number of benzene rings is 1. The van der Waals surface area contributed by atoms with Crippen molar-refractivity contribution in [2.24, 2.45) is 0 Å². The lowest BCUT2D eigenvalue weighted by Crippen LogP contribution is -2.39. The first-order valence-corrected chi connectivity index (χ1v) is 7.13. The van der Waals surface area contributed by atoms with E-state index in [1.807, 2.05) is 12.1 Å². The summed E-state index contributed by atoms with van der Waals surface area (Å²) in [5.74, 6) is 0. The van der Waals surface area contributed by atoms with E-state index in [0.717, 1.165) is 23.8 Å². The summed E-state index contributed by atoms with van der Waals surface area (Å²) in [6, 6.07) is 6.69. The van der Waals surface area contributed by atoms with Crippen LogP contribution in [0.5, 0.6) is 0 Å². The molecule has 0 aliphatic carbocycles. The zero-order valence-corrected chi connectivity index (χ0v) is 12.0. The molecule has 1 saturated heterocycles. The van der Waals surface area contributed by atoms with Crippen LogP contribution >= 0.6 is 34.2 Å². The fraction of sp³-hybridized carbons (Fsp3) is 0.500. The van der Waals surface area contributed by atoms with Crippen LogP contribution < -0.4 is 10.6 Å². The highest BCUT2D eigenvalue weighted by molar-refractivity contribution is 14.1. The Morgan fingerprint density at radius 2 is 2.31 bits per heavy atom. The van der Waals surface area contributed by atoms with Crippen molar-refractivity contribution in [1.82, 2.24) is 5.32 Å². The highest BCUT2D eigenvalue weighted by atomic mass is 127. The second kappa shape index (κ2) is 6.07. The maximum atomic E-state index is 6.16. The summed E-state index contributed by atoms with van der Waals surface area (Å²) >= 11 is 8.43. The smallest absolute Gasteiger partial charge is 0.0648 e. The lowest BCUT2D eigenvalue weighted by Gasteiger charge is -2.24. The molecule has 0 spiro atoms. The molecule has 2 N–H and O–H groups in total. The van der Waals surface area contributed by atoms with Crippen LogP contribution in [0.1, 0.15) is 19.3 Å². The van der Waals surface area contributed by atoms with Gasteiger partial charge in [-0.1, -0.05) is 18.0 Å². The first kappa shape index (κ1) is 12.5. The number of nitrogens with one attached hydrogen (secondary N) is 2. The number of hydrogen-bond donors (Lipinski definition) is 2. The quantitative estimate of drug-likeness (QED) is 0.815. The molecule has 0 saturated carbocycles. The van der Waals surface area contributed by atoms with Crippen molar-refractivity contribution in [3.8, 4) is 0 Å². The van der Waals surface area contributed by atoms with Crippen LogP contribution in [0.25, 0.3) is 0 Å². The Morgan fingerprint density at radius 3 is 3.00 bits per heavy atom. The minimum absolute atomic E-state index is 0.587. The van der Waals surface area contributed by atoms with E-state index in [-0.39, 0.29) is 0 Å². The number of anilines is 1. The van der Waals surface area contributed by atoms with Crippen molar-refractivity contribution in [1.29, 1.82) is 0 Å². The van der Waals surface area contributed by atoms with Crippen molar-refractivity contribution in [3.05, 3.63) is 26.8 Å². The lowest BCUT2D eigenvalue weighted by atomic mass is 10.1. The van der Waals surface area contributed by atoms with Crippen molar-refractivity contribution in [2.45, 2.75) is 25.3 Å². The maximum absolute atomic E-state index is 6.16. The van der Waals surface area contributed by atoms with Gasteiger partial charge >= 0.3 is 0 Å². The van der Waals surface area contributed by atoms with Crippen LogP contribution in [-0.2, 0) is 0 Å². The average molecular weight is 351 g/mol. The van der Waals surface area contributed by atoms with Gasteiger partial charge in [0, 0.05) is 16.2 Å². The van der Waals surface area contributed by atoms with Crippen molar-refractivity contribution in [2.75, 3.05) is 18.4 Å². The SMILES string of the molecule is Clc1cc(I)ccc1NCC1CCCCN1. The predicted octanol–water partition coefficient (Wildman–Crippen LogP) is 3.50. The standard InChI is InChI=1S/C12H16ClIN2/c13-11-7-9(14)4-5-12(11)16-8-10-3-1-2-6-15-10/h4-5,7,10,15-16H,1-3,6,8H2. The van der Waals surface area contributed by atoms with E-state index < -0.39 is 0 Å². The van der Waals surface area contributed by atoms with Gasteiger partial charge in [0.05, 0.1) is 10.7 Å². The molecule has 2 nitrogen and oxygen atoms in total. The molecule has 88 valence electrons. The summed E-state index contributed by atoms with van der Waals surface area (Å²) in [5, 5.41) is 7.73. The second-order valence-corrected chi connectivity index (χ2v) is 5.80. The van der Waals surface area contributed by atoms with E-state index in [2.05, 4.69) is 39.3 Å². The molecule has 0 aromatic heterocycles. The zero-order chi connectivity index (χ0) is 11.4. The van der Waals surface area contributed by atoms with Crippen LogP contribution in [0.4, 0.5) is 5.69 Å². The lowest BCUT2D eigenvalue weighted by molar-refractivity contribution is 0.414. The monoisotopic (exact) mass is 350 g/mol. The van der Waals surface area contributed by atoms with Crippen molar-refractivity contribution >= 4 is 39.9 Å². The summed E-state index contributed by atoms with van der Waals surface area (Å²) in [6.45, 7) is 2.10. The van der Waals surface area contributed by atoms with Gasteiger partial charge < -0.3 is 10.6 Å². The molecular weight excluding hydrogens is 335 g/mol. The minimum Gasteiger partial charge on any atom is -0.382 e. The molecule has 1 aromatic carbocycles. The van der Waals surface area contributed by atoms with E-state index in [1.165, 1.54) is 22.8 Å². The summed E-state index contributed by atoms with van der Waals surface area (Å²) < 4.78 is 1.17.